The summed E-state index contributed by atoms with van der Waals surface area (Å²) in [6.45, 7) is 2.07. The zero-order chi connectivity index (χ0) is 17.4. The summed E-state index contributed by atoms with van der Waals surface area (Å²) in [7, 11) is -1.07. The van der Waals surface area contributed by atoms with Gasteiger partial charge in [-0.15, -0.1) is 0 Å². The minimum Gasteiger partial charge on any atom is -0.284 e. The number of para-hydroxylation sites is 1. The number of rotatable bonds is 3. The van der Waals surface area contributed by atoms with Crippen molar-refractivity contribution in [2.24, 2.45) is 0 Å². The molecule has 0 spiro atoms. The Morgan fingerprint density at radius 2 is 1.72 bits per heavy atom. The van der Waals surface area contributed by atoms with E-state index in [9.17, 15) is 4.21 Å². The lowest BCUT2D eigenvalue weighted by atomic mass is 10.1. The average molecular weight is 347 g/mol. The van der Waals surface area contributed by atoms with Gasteiger partial charge in [0.15, 0.2) is 0 Å². The zero-order valence-electron chi connectivity index (χ0n) is 14.0. The highest BCUT2D eigenvalue weighted by Crippen LogP contribution is 2.26. The van der Waals surface area contributed by atoms with Crippen LogP contribution >= 0.6 is 0 Å². The highest BCUT2D eigenvalue weighted by atomic mass is 32.2. The molecule has 4 rings (SSSR count). The number of fused-ring (bicyclic) bond motifs is 1. The van der Waals surface area contributed by atoms with E-state index in [4.69, 9.17) is 0 Å². The lowest BCUT2D eigenvalue weighted by Gasteiger charge is -2.05. The van der Waals surface area contributed by atoms with Crippen molar-refractivity contribution in [2.75, 3.05) is 6.26 Å². The van der Waals surface area contributed by atoms with Crippen molar-refractivity contribution < 1.29 is 4.21 Å². The van der Waals surface area contributed by atoms with Crippen molar-refractivity contribution in [3.8, 4) is 17.1 Å². The Hall–Kier alpha value is -2.79. The second-order valence-corrected chi connectivity index (χ2v) is 7.32. The van der Waals surface area contributed by atoms with Crippen LogP contribution in [0.5, 0.6) is 0 Å². The first kappa shape index (κ1) is 15.7. The lowest BCUT2D eigenvalue weighted by Crippen LogP contribution is -1.99. The van der Waals surface area contributed by atoms with Gasteiger partial charge in [0, 0.05) is 35.8 Å². The number of aryl methyl sites for hydroxylation is 1. The standard InChI is InChI=1S/C20H17N3OS/c1-14-6-5-7-15(10-14)16-11-21-20(22-12-16)23-13-19(25(2)24)17-8-3-4-9-18(17)23/h3-13H,1-2H3. The molecule has 0 saturated carbocycles. The van der Waals surface area contributed by atoms with Crippen molar-refractivity contribution in [2.45, 2.75) is 11.8 Å². The summed E-state index contributed by atoms with van der Waals surface area (Å²) in [5.41, 5.74) is 4.23. The molecule has 0 fully saturated rings. The highest BCUT2D eigenvalue weighted by Gasteiger charge is 2.13. The number of benzene rings is 2. The predicted octanol–water partition coefficient (Wildman–Crippen LogP) is 4.13. The van der Waals surface area contributed by atoms with Crippen LogP contribution in [0.1, 0.15) is 5.56 Å². The van der Waals surface area contributed by atoms with Crippen LogP contribution in [-0.2, 0) is 10.8 Å². The quantitative estimate of drug-likeness (QED) is 0.560. The SMILES string of the molecule is Cc1cccc(-c2cnc(-n3cc(S(C)=O)c4ccccc43)nc2)c1. The van der Waals surface area contributed by atoms with Crippen LogP contribution in [-0.4, -0.2) is 25.0 Å². The Labute approximate surface area is 148 Å². The van der Waals surface area contributed by atoms with Gasteiger partial charge in [-0.2, -0.15) is 0 Å². The lowest BCUT2D eigenvalue weighted by molar-refractivity contribution is 0.687. The molecule has 5 heteroatoms. The fraction of sp³-hybridized carbons (Fsp3) is 0.100. The molecule has 2 heterocycles. The minimum absolute atomic E-state index is 0.573. The molecule has 2 aromatic carbocycles. The fourth-order valence-electron chi connectivity index (χ4n) is 2.96. The van der Waals surface area contributed by atoms with Crippen molar-refractivity contribution >= 4 is 21.7 Å². The molecule has 0 saturated heterocycles. The van der Waals surface area contributed by atoms with Gasteiger partial charge in [-0.25, -0.2) is 9.97 Å². The van der Waals surface area contributed by atoms with Gasteiger partial charge in [0.2, 0.25) is 5.95 Å². The van der Waals surface area contributed by atoms with E-state index in [1.807, 2.05) is 53.5 Å². The summed E-state index contributed by atoms with van der Waals surface area (Å²) < 4.78 is 13.9. The molecule has 0 radical (unpaired) electrons. The smallest absolute Gasteiger partial charge is 0.234 e. The van der Waals surface area contributed by atoms with Gasteiger partial charge < -0.3 is 0 Å². The van der Waals surface area contributed by atoms with Crippen molar-refractivity contribution in [1.82, 2.24) is 14.5 Å². The molecule has 4 nitrogen and oxygen atoms in total. The number of aromatic nitrogens is 3. The molecular formula is C20H17N3OS. The summed E-state index contributed by atoms with van der Waals surface area (Å²) in [6.07, 6.45) is 7.21. The summed E-state index contributed by atoms with van der Waals surface area (Å²) in [5, 5.41) is 0.967. The van der Waals surface area contributed by atoms with Gasteiger partial charge >= 0.3 is 0 Å². The van der Waals surface area contributed by atoms with Gasteiger partial charge in [-0.3, -0.25) is 8.78 Å². The molecule has 25 heavy (non-hydrogen) atoms. The molecule has 124 valence electrons. The number of hydrogen-bond donors (Lipinski definition) is 0. The van der Waals surface area contributed by atoms with Crippen molar-refractivity contribution in [3.63, 3.8) is 0 Å². The maximum Gasteiger partial charge on any atom is 0.234 e. The number of nitrogens with zero attached hydrogens (tertiary/aromatic N) is 3. The highest BCUT2D eigenvalue weighted by molar-refractivity contribution is 7.84. The normalized spacial score (nSPS) is 12.4. The second kappa shape index (κ2) is 6.26. The van der Waals surface area contributed by atoms with Gasteiger partial charge in [0.05, 0.1) is 21.2 Å². The second-order valence-electron chi connectivity index (χ2n) is 5.98. The van der Waals surface area contributed by atoms with Crippen molar-refractivity contribution in [1.29, 1.82) is 0 Å². The largest absolute Gasteiger partial charge is 0.284 e. The third-order valence-electron chi connectivity index (χ3n) is 4.19. The minimum atomic E-state index is -1.07. The Balaban J connectivity index is 1.81. The van der Waals surface area contributed by atoms with Crippen LogP contribution in [0.3, 0.4) is 0 Å². The van der Waals surface area contributed by atoms with Crippen LogP contribution in [0.2, 0.25) is 0 Å². The van der Waals surface area contributed by atoms with Crippen LogP contribution in [0, 0.1) is 6.92 Å². The maximum absolute atomic E-state index is 12.0. The van der Waals surface area contributed by atoms with Gasteiger partial charge in [-0.1, -0.05) is 48.0 Å². The maximum atomic E-state index is 12.0. The van der Waals surface area contributed by atoms with E-state index in [-0.39, 0.29) is 0 Å². The Morgan fingerprint density at radius 1 is 0.960 bits per heavy atom. The monoisotopic (exact) mass is 347 g/mol. The van der Waals surface area contributed by atoms with Crippen LogP contribution in [0.4, 0.5) is 0 Å². The Morgan fingerprint density at radius 3 is 2.44 bits per heavy atom. The topological polar surface area (TPSA) is 47.8 Å². The van der Waals surface area contributed by atoms with Crippen molar-refractivity contribution in [3.05, 3.63) is 72.7 Å². The third kappa shape index (κ3) is 2.87. The van der Waals surface area contributed by atoms with Crippen LogP contribution in [0.15, 0.2) is 72.0 Å². The van der Waals surface area contributed by atoms with Gasteiger partial charge in [0.1, 0.15) is 0 Å². The predicted molar refractivity (Wildman–Crippen MR) is 101 cm³/mol. The molecule has 0 aliphatic carbocycles. The molecule has 0 aliphatic heterocycles. The molecule has 0 amide bonds. The van der Waals surface area contributed by atoms with E-state index in [0.29, 0.717) is 5.95 Å². The first-order valence-corrected chi connectivity index (χ1v) is 9.52. The Kier molecular flexibility index (Phi) is 3.93. The third-order valence-corrected chi connectivity index (χ3v) is 5.13. The van der Waals surface area contributed by atoms with Gasteiger partial charge in [0.25, 0.3) is 0 Å². The summed E-state index contributed by atoms with van der Waals surface area (Å²) >= 11 is 0. The zero-order valence-corrected chi connectivity index (χ0v) is 14.8. The molecular weight excluding hydrogens is 330 g/mol. The molecule has 0 aliphatic rings. The van der Waals surface area contributed by atoms with Crippen LogP contribution in [0.25, 0.3) is 28.0 Å². The van der Waals surface area contributed by atoms with E-state index >= 15 is 0 Å². The number of hydrogen-bond acceptors (Lipinski definition) is 3. The summed E-state index contributed by atoms with van der Waals surface area (Å²) in [4.78, 5) is 9.85. The van der Waals surface area contributed by atoms with Gasteiger partial charge in [-0.05, 0) is 18.6 Å². The van der Waals surface area contributed by atoms with E-state index in [1.54, 1.807) is 6.26 Å². The molecule has 1 atom stereocenters. The van der Waals surface area contributed by atoms with E-state index in [0.717, 1.165) is 26.9 Å². The molecule has 0 N–H and O–H groups in total. The average Bonchev–Trinajstić information content (AvgIpc) is 3.02. The molecule has 0 bridgehead atoms. The Bertz CT molecular complexity index is 1080. The summed E-state index contributed by atoms with van der Waals surface area (Å²) in [5.74, 6) is 0.573. The summed E-state index contributed by atoms with van der Waals surface area (Å²) in [6, 6.07) is 16.1. The fourth-order valence-corrected chi connectivity index (χ4v) is 3.70. The molecule has 4 aromatic rings. The first-order chi connectivity index (χ1) is 12.1. The van der Waals surface area contributed by atoms with E-state index in [2.05, 4.69) is 35.1 Å². The van der Waals surface area contributed by atoms with E-state index in [1.165, 1.54) is 5.56 Å². The van der Waals surface area contributed by atoms with Crippen LogP contribution < -0.4 is 0 Å². The first-order valence-electron chi connectivity index (χ1n) is 7.96. The van der Waals surface area contributed by atoms with E-state index < -0.39 is 10.8 Å². The molecule has 2 aromatic heterocycles. The molecule has 1 unspecified atom stereocenters.